The predicted octanol–water partition coefficient (Wildman–Crippen LogP) is 3.71. The molecule has 0 aliphatic carbocycles. The Balaban J connectivity index is 1.94. The van der Waals surface area contributed by atoms with Crippen molar-refractivity contribution in [3.05, 3.63) is 29.3 Å². The van der Waals surface area contributed by atoms with Crippen molar-refractivity contribution in [1.82, 2.24) is 0 Å². The van der Waals surface area contributed by atoms with Gasteiger partial charge in [-0.1, -0.05) is 25.5 Å². The van der Waals surface area contributed by atoms with Crippen molar-refractivity contribution in [2.45, 2.75) is 45.3 Å². The van der Waals surface area contributed by atoms with E-state index in [0.29, 0.717) is 0 Å². The Labute approximate surface area is 119 Å². The monoisotopic (exact) mass is 278 g/mol. The second-order valence-corrected chi connectivity index (χ2v) is 7.87. The Morgan fingerprint density at radius 2 is 2.11 bits per heavy atom. The number of aryl methyl sites for hydroxylation is 1. The van der Waals surface area contributed by atoms with E-state index in [0.717, 1.165) is 29.9 Å². The molecule has 0 bridgehead atoms. The molecule has 2 nitrogen and oxygen atoms in total. The first-order valence-electron chi connectivity index (χ1n) is 6.95. The lowest BCUT2D eigenvalue weighted by atomic mass is 9.77. The molecule has 0 radical (unpaired) electrons. The molecule has 1 spiro atoms. The summed E-state index contributed by atoms with van der Waals surface area (Å²) in [5.41, 5.74) is 2.23. The summed E-state index contributed by atoms with van der Waals surface area (Å²) in [6.45, 7) is 6.64. The van der Waals surface area contributed by atoms with E-state index in [1.165, 1.54) is 11.3 Å². The summed E-state index contributed by atoms with van der Waals surface area (Å²) in [5.74, 6) is 3.04. The highest BCUT2D eigenvalue weighted by Crippen LogP contribution is 2.49. The lowest BCUT2D eigenvalue weighted by Gasteiger charge is -2.48. The molecule has 104 valence electrons. The lowest BCUT2D eigenvalue weighted by molar-refractivity contribution is -0.0255. The zero-order valence-corrected chi connectivity index (χ0v) is 12.7. The van der Waals surface area contributed by atoms with Gasteiger partial charge in [0.25, 0.3) is 0 Å². The van der Waals surface area contributed by atoms with Crippen LogP contribution in [0.15, 0.2) is 18.2 Å². The van der Waals surface area contributed by atoms with Crippen LogP contribution in [-0.4, -0.2) is 22.2 Å². The maximum absolute atomic E-state index is 10.5. The molecule has 3 heteroatoms. The summed E-state index contributed by atoms with van der Waals surface area (Å²) >= 11 is 1.95. The molecule has 2 heterocycles. The van der Waals surface area contributed by atoms with E-state index >= 15 is 0 Å². The normalized spacial score (nSPS) is 32.7. The molecule has 1 saturated heterocycles. The first-order chi connectivity index (χ1) is 8.89. The van der Waals surface area contributed by atoms with E-state index in [9.17, 15) is 5.11 Å². The van der Waals surface area contributed by atoms with Crippen LogP contribution in [0.4, 0.5) is 0 Å². The number of benzene rings is 1. The van der Waals surface area contributed by atoms with Crippen molar-refractivity contribution in [3.8, 4) is 5.75 Å². The summed E-state index contributed by atoms with van der Waals surface area (Å²) in [7, 11) is 0. The molecular formula is C16H22O2S. The van der Waals surface area contributed by atoms with Crippen molar-refractivity contribution in [2.75, 3.05) is 11.5 Å². The molecule has 2 aliphatic rings. The van der Waals surface area contributed by atoms with Gasteiger partial charge in [0.15, 0.2) is 0 Å². The fourth-order valence-electron chi connectivity index (χ4n) is 3.44. The Morgan fingerprint density at radius 3 is 2.84 bits per heavy atom. The molecule has 0 amide bonds. The van der Waals surface area contributed by atoms with Crippen LogP contribution in [0.25, 0.3) is 0 Å². The largest absolute Gasteiger partial charge is 0.486 e. The van der Waals surface area contributed by atoms with Crippen LogP contribution in [0.1, 0.15) is 43.9 Å². The second kappa shape index (κ2) is 4.42. The van der Waals surface area contributed by atoms with Gasteiger partial charge in [0.2, 0.25) is 0 Å². The molecule has 0 aromatic heterocycles. The maximum Gasteiger partial charge on any atom is 0.126 e. The number of ether oxygens (including phenoxy) is 1. The third-order valence-corrected chi connectivity index (χ3v) is 5.79. The van der Waals surface area contributed by atoms with Crippen LogP contribution in [0.3, 0.4) is 0 Å². The van der Waals surface area contributed by atoms with Crippen LogP contribution in [-0.2, 0) is 0 Å². The Bertz CT molecular complexity index is 498. The highest BCUT2D eigenvalue weighted by atomic mass is 32.2. The Kier molecular flexibility index (Phi) is 3.10. The van der Waals surface area contributed by atoms with E-state index in [1.807, 2.05) is 23.9 Å². The van der Waals surface area contributed by atoms with E-state index in [4.69, 9.17) is 4.74 Å². The quantitative estimate of drug-likeness (QED) is 0.784. The van der Waals surface area contributed by atoms with Crippen molar-refractivity contribution >= 4 is 11.8 Å². The summed E-state index contributed by atoms with van der Waals surface area (Å²) < 4.78 is 6.34. The average molecular weight is 278 g/mol. The standard InChI is InChI=1S/C16H22O2S/c1-11-4-5-14-12(6-11)13(17)7-16(18-14)8-15(2,3)9-19-10-16/h4-6,13,17H,7-10H2,1-3H3/t13-,16?/m1/s1. The zero-order chi connectivity index (χ0) is 13.7. The molecule has 2 aliphatic heterocycles. The molecule has 3 rings (SSSR count). The number of fused-ring (bicyclic) bond motifs is 1. The second-order valence-electron chi connectivity index (χ2n) is 6.88. The minimum atomic E-state index is -0.391. The molecule has 1 aromatic rings. The first-order valence-corrected chi connectivity index (χ1v) is 8.10. The van der Waals surface area contributed by atoms with Gasteiger partial charge in [0.1, 0.15) is 11.4 Å². The summed E-state index contributed by atoms with van der Waals surface area (Å²) in [6, 6.07) is 6.13. The van der Waals surface area contributed by atoms with Gasteiger partial charge in [-0.15, -0.1) is 0 Å². The number of aliphatic hydroxyl groups is 1. The summed E-state index contributed by atoms with van der Waals surface area (Å²) in [6.07, 6.45) is 1.36. The van der Waals surface area contributed by atoms with Crippen molar-refractivity contribution in [3.63, 3.8) is 0 Å². The molecule has 1 fully saturated rings. The molecule has 19 heavy (non-hydrogen) atoms. The average Bonchev–Trinajstić information content (AvgIpc) is 2.29. The lowest BCUT2D eigenvalue weighted by Crippen LogP contribution is -2.50. The molecular weight excluding hydrogens is 256 g/mol. The van der Waals surface area contributed by atoms with Crippen LogP contribution >= 0.6 is 11.8 Å². The third kappa shape index (κ3) is 2.50. The number of rotatable bonds is 0. The SMILES string of the molecule is Cc1ccc2c(c1)[C@H](O)CC1(CSCC(C)(C)C1)O2. The summed E-state index contributed by atoms with van der Waals surface area (Å²) in [5, 5.41) is 10.5. The zero-order valence-electron chi connectivity index (χ0n) is 11.9. The van der Waals surface area contributed by atoms with Gasteiger partial charge in [0, 0.05) is 17.7 Å². The third-order valence-electron chi connectivity index (χ3n) is 4.07. The molecule has 1 N–H and O–H groups in total. The minimum Gasteiger partial charge on any atom is -0.486 e. The fourth-order valence-corrected chi connectivity index (χ4v) is 4.85. The smallest absolute Gasteiger partial charge is 0.126 e. The van der Waals surface area contributed by atoms with Gasteiger partial charge in [-0.2, -0.15) is 11.8 Å². The molecule has 2 atom stereocenters. The number of aliphatic hydroxyl groups excluding tert-OH is 1. The number of hydrogen-bond acceptors (Lipinski definition) is 3. The minimum absolute atomic E-state index is 0.186. The fraction of sp³-hybridized carbons (Fsp3) is 0.625. The van der Waals surface area contributed by atoms with Gasteiger partial charge in [-0.3, -0.25) is 0 Å². The van der Waals surface area contributed by atoms with Gasteiger partial charge >= 0.3 is 0 Å². The Hall–Kier alpha value is -0.670. The first kappa shape index (κ1) is 13.3. The van der Waals surface area contributed by atoms with E-state index in [2.05, 4.69) is 26.8 Å². The highest BCUT2D eigenvalue weighted by Gasteiger charge is 2.46. The van der Waals surface area contributed by atoms with Gasteiger partial charge in [-0.25, -0.2) is 0 Å². The molecule has 1 unspecified atom stereocenters. The van der Waals surface area contributed by atoms with Gasteiger partial charge < -0.3 is 9.84 Å². The topological polar surface area (TPSA) is 29.5 Å². The van der Waals surface area contributed by atoms with E-state index < -0.39 is 6.10 Å². The van der Waals surface area contributed by atoms with Crippen molar-refractivity contribution < 1.29 is 9.84 Å². The van der Waals surface area contributed by atoms with Crippen molar-refractivity contribution in [2.24, 2.45) is 5.41 Å². The van der Waals surface area contributed by atoms with Crippen LogP contribution < -0.4 is 4.74 Å². The van der Waals surface area contributed by atoms with E-state index in [1.54, 1.807) is 0 Å². The predicted molar refractivity (Wildman–Crippen MR) is 79.8 cm³/mol. The summed E-state index contributed by atoms with van der Waals surface area (Å²) in [4.78, 5) is 0. The van der Waals surface area contributed by atoms with Crippen LogP contribution in [0.5, 0.6) is 5.75 Å². The van der Waals surface area contributed by atoms with Crippen LogP contribution in [0.2, 0.25) is 0 Å². The molecule has 0 saturated carbocycles. The van der Waals surface area contributed by atoms with E-state index in [-0.39, 0.29) is 11.0 Å². The van der Waals surface area contributed by atoms with Gasteiger partial charge in [-0.05, 0) is 36.6 Å². The van der Waals surface area contributed by atoms with Crippen molar-refractivity contribution in [1.29, 1.82) is 0 Å². The van der Waals surface area contributed by atoms with Crippen LogP contribution in [0, 0.1) is 12.3 Å². The number of thioether (sulfide) groups is 1. The van der Waals surface area contributed by atoms with Gasteiger partial charge in [0.05, 0.1) is 6.10 Å². The molecule has 1 aromatic carbocycles. The number of hydrogen-bond donors (Lipinski definition) is 1. The Morgan fingerprint density at radius 1 is 1.32 bits per heavy atom. The maximum atomic E-state index is 10.5. The highest BCUT2D eigenvalue weighted by molar-refractivity contribution is 7.99.